The van der Waals surface area contributed by atoms with Crippen LogP contribution in [0.4, 0.5) is 0 Å². The van der Waals surface area contributed by atoms with Gasteiger partial charge in [-0.25, -0.2) is 4.79 Å². The van der Waals surface area contributed by atoms with Crippen LogP contribution >= 0.6 is 0 Å². The zero-order valence-corrected chi connectivity index (χ0v) is 18.6. The van der Waals surface area contributed by atoms with E-state index >= 15 is 0 Å². The van der Waals surface area contributed by atoms with Crippen LogP contribution in [0.3, 0.4) is 0 Å². The normalized spacial score (nSPS) is 12.1. The van der Waals surface area contributed by atoms with E-state index in [0.717, 1.165) is 12.8 Å². The lowest BCUT2D eigenvalue weighted by Gasteiger charge is -2.15. The minimum Gasteiger partial charge on any atom is -0.507 e. The molecule has 0 amide bonds. The standard InChI is InChI=1S/C25H42O4/c1-3-4-5-6-7-8-9-10-11-12-13-14-15-16-17-21(2)29-22-18-19-23(25(27)28)24(26)20-22/h18-21,26H,3-17H2,1-2H3,(H,27,28). The first-order valence-electron chi connectivity index (χ1n) is 11.8. The fraction of sp³-hybridized carbons (Fsp3) is 0.720. The number of ether oxygens (including phenoxy) is 1. The number of hydrogen-bond acceptors (Lipinski definition) is 3. The summed E-state index contributed by atoms with van der Waals surface area (Å²) in [5.74, 6) is -0.867. The van der Waals surface area contributed by atoms with Crippen LogP contribution in [0, 0.1) is 0 Å². The maximum atomic E-state index is 10.9. The number of carboxylic acid groups (broad SMARTS) is 1. The number of phenols is 1. The quantitative estimate of drug-likeness (QED) is 0.245. The van der Waals surface area contributed by atoms with Gasteiger partial charge in [0.2, 0.25) is 0 Å². The molecule has 0 saturated heterocycles. The molecule has 0 heterocycles. The molecule has 0 aliphatic rings. The molecule has 0 aliphatic heterocycles. The van der Waals surface area contributed by atoms with Gasteiger partial charge in [-0.1, -0.05) is 90.4 Å². The summed E-state index contributed by atoms with van der Waals surface area (Å²) >= 11 is 0. The van der Waals surface area contributed by atoms with Crippen molar-refractivity contribution in [1.82, 2.24) is 0 Å². The third kappa shape index (κ3) is 12.5. The van der Waals surface area contributed by atoms with E-state index in [-0.39, 0.29) is 17.4 Å². The first-order chi connectivity index (χ1) is 14.0. The minimum absolute atomic E-state index is 0.0578. The molecule has 4 heteroatoms. The summed E-state index contributed by atoms with van der Waals surface area (Å²) < 4.78 is 5.79. The molecule has 1 atom stereocenters. The van der Waals surface area contributed by atoms with Crippen molar-refractivity contribution in [2.45, 2.75) is 116 Å². The van der Waals surface area contributed by atoms with Crippen molar-refractivity contribution in [3.8, 4) is 11.5 Å². The molecule has 29 heavy (non-hydrogen) atoms. The Bertz CT molecular complexity index is 556. The van der Waals surface area contributed by atoms with Crippen LogP contribution in [0.25, 0.3) is 0 Å². The summed E-state index contributed by atoms with van der Waals surface area (Å²) in [6, 6.07) is 4.36. The zero-order valence-electron chi connectivity index (χ0n) is 18.6. The molecule has 4 nitrogen and oxygen atoms in total. The summed E-state index contributed by atoms with van der Waals surface area (Å²) in [5.41, 5.74) is -0.100. The Kier molecular flexibility index (Phi) is 14.1. The van der Waals surface area contributed by atoms with Gasteiger partial charge >= 0.3 is 5.97 Å². The second-order valence-corrected chi connectivity index (χ2v) is 8.30. The number of aromatic carboxylic acids is 1. The van der Waals surface area contributed by atoms with E-state index in [1.807, 2.05) is 6.92 Å². The van der Waals surface area contributed by atoms with E-state index in [9.17, 15) is 9.90 Å². The maximum absolute atomic E-state index is 10.9. The molecule has 1 unspecified atom stereocenters. The maximum Gasteiger partial charge on any atom is 0.339 e. The van der Waals surface area contributed by atoms with Crippen LogP contribution < -0.4 is 4.74 Å². The smallest absolute Gasteiger partial charge is 0.339 e. The molecule has 166 valence electrons. The lowest BCUT2D eigenvalue weighted by Crippen LogP contribution is -2.11. The van der Waals surface area contributed by atoms with Crippen LogP contribution in [0.5, 0.6) is 11.5 Å². The first-order valence-corrected chi connectivity index (χ1v) is 11.8. The van der Waals surface area contributed by atoms with Gasteiger partial charge in [-0.05, 0) is 31.9 Å². The Hall–Kier alpha value is -1.71. The van der Waals surface area contributed by atoms with E-state index in [2.05, 4.69) is 6.92 Å². The number of rotatable bonds is 18. The number of aromatic hydroxyl groups is 1. The van der Waals surface area contributed by atoms with Crippen LogP contribution in [0.2, 0.25) is 0 Å². The number of carboxylic acids is 1. The number of benzene rings is 1. The fourth-order valence-corrected chi connectivity index (χ4v) is 3.68. The molecular formula is C25H42O4. The van der Waals surface area contributed by atoms with Crippen molar-refractivity contribution in [2.24, 2.45) is 0 Å². The highest BCUT2D eigenvalue weighted by molar-refractivity contribution is 5.90. The Labute approximate surface area is 177 Å². The minimum atomic E-state index is -1.13. The number of unbranched alkanes of at least 4 members (excludes halogenated alkanes) is 13. The second-order valence-electron chi connectivity index (χ2n) is 8.30. The molecule has 1 aromatic carbocycles. The Morgan fingerprint density at radius 1 is 0.862 bits per heavy atom. The van der Waals surface area contributed by atoms with E-state index in [1.165, 1.54) is 95.6 Å². The van der Waals surface area contributed by atoms with Crippen molar-refractivity contribution >= 4 is 5.97 Å². The molecule has 0 fully saturated rings. The van der Waals surface area contributed by atoms with Gasteiger partial charge in [-0.15, -0.1) is 0 Å². The zero-order chi connectivity index (χ0) is 21.3. The average Bonchev–Trinajstić information content (AvgIpc) is 2.68. The monoisotopic (exact) mass is 406 g/mol. The average molecular weight is 407 g/mol. The molecule has 0 aliphatic carbocycles. The van der Waals surface area contributed by atoms with Gasteiger partial charge in [0.05, 0.1) is 6.10 Å². The molecular weight excluding hydrogens is 364 g/mol. The van der Waals surface area contributed by atoms with Crippen molar-refractivity contribution in [3.05, 3.63) is 23.8 Å². The highest BCUT2D eigenvalue weighted by Crippen LogP contribution is 2.25. The third-order valence-electron chi connectivity index (χ3n) is 5.50. The number of hydrogen-bond donors (Lipinski definition) is 2. The number of carbonyl (C=O) groups is 1. The summed E-state index contributed by atoms with van der Waals surface area (Å²) in [7, 11) is 0. The van der Waals surface area contributed by atoms with Gasteiger partial charge in [0.15, 0.2) is 0 Å². The molecule has 0 spiro atoms. The molecule has 0 radical (unpaired) electrons. The van der Waals surface area contributed by atoms with Crippen molar-refractivity contribution in [3.63, 3.8) is 0 Å². The lowest BCUT2D eigenvalue weighted by molar-refractivity contribution is 0.0693. The Morgan fingerprint density at radius 3 is 1.79 bits per heavy atom. The molecule has 0 bridgehead atoms. The van der Waals surface area contributed by atoms with Gasteiger partial charge in [-0.2, -0.15) is 0 Å². The summed E-state index contributed by atoms with van der Waals surface area (Å²) in [5, 5.41) is 18.7. The summed E-state index contributed by atoms with van der Waals surface area (Å²) in [4.78, 5) is 10.9. The van der Waals surface area contributed by atoms with Crippen molar-refractivity contribution in [2.75, 3.05) is 0 Å². The highest BCUT2D eigenvalue weighted by atomic mass is 16.5. The van der Waals surface area contributed by atoms with Crippen molar-refractivity contribution in [1.29, 1.82) is 0 Å². The van der Waals surface area contributed by atoms with E-state index in [4.69, 9.17) is 9.84 Å². The lowest BCUT2D eigenvalue weighted by atomic mass is 10.0. The van der Waals surface area contributed by atoms with Crippen LogP contribution in [-0.2, 0) is 0 Å². The Morgan fingerprint density at radius 2 is 1.34 bits per heavy atom. The van der Waals surface area contributed by atoms with Gasteiger partial charge in [0, 0.05) is 6.07 Å². The topological polar surface area (TPSA) is 66.8 Å². The van der Waals surface area contributed by atoms with E-state index < -0.39 is 5.97 Å². The molecule has 0 saturated carbocycles. The first kappa shape index (κ1) is 25.3. The second kappa shape index (κ2) is 16.1. The van der Waals surface area contributed by atoms with Gasteiger partial charge in [0.1, 0.15) is 17.1 Å². The molecule has 0 aromatic heterocycles. The van der Waals surface area contributed by atoms with E-state index in [0.29, 0.717) is 5.75 Å². The largest absolute Gasteiger partial charge is 0.507 e. The third-order valence-corrected chi connectivity index (χ3v) is 5.50. The van der Waals surface area contributed by atoms with Crippen LogP contribution in [0.1, 0.15) is 121 Å². The molecule has 2 N–H and O–H groups in total. The molecule has 1 rings (SSSR count). The predicted molar refractivity (Wildman–Crippen MR) is 120 cm³/mol. The van der Waals surface area contributed by atoms with Crippen molar-refractivity contribution < 1.29 is 19.7 Å². The van der Waals surface area contributed by atoms with Gasteiger partial charge < -0.3 is 14.9 Å². The highest BCUT2D eigenvalue weighted by Gasteiger charge is 2.11. The van der Waals surface area contributed by atoms with Crippen LogP contribution in [-0.4, -0.2) is 22.3 Å². The SMILES string of the molecule is CCCCCCCCCCCCCCCCC(C)Oc1ccc(C(=O)O)c(O)c1. The summed E-state index contributed by atoms with van der Waals surface area (Å²) in [6.07, 6.45) is 20.0. The predicted octanol–water partition coefficient (Wildman–Crippen LogP) is 7.73. The van der Waals surface area contributed by atoms with Gasteiger partial charge in [0.25, 0.3) is 0 Å². The Balaban J connectivity index is 1.96. The fourth-order valence-electron chi connectivity index (χ4n) is 3.68. The van der Waals surface area contributed by atoms with Crippen LogP contribution in [0.15, 0.2) is 18.2 Å². The molecule has 1 aromatic rings. The van der Waals surface area contributed by atoms with Gasteiger partial charge in [-0.3, -0.25) is 0 Å². The summed E-state index contributed by atoms with van der Waals surface area (Å²) in [6.45, 7) is 4.29. The van der Waals surface area contributed by atoms with E-state index in [1.54, 1.807) is 6.07 Å².